The molecule has 0 aliphatic rings. The van der Waals surface area contributed by atoms with Gasteiger partial charge in [-0.1, -0.05) is 23.4 Å². The number of carbonyl (C=O) groups is 1. The highest BCUT2D eigenvalue weighted by atomic mass is 35.5. The van der Waals surface area contributed by atoms with Crippen LogP contribution in [0.25, 0.3) is 0 Å². The number of amides is 1. The zero-order valence-electron chi connectivity index (χ0n) is 10.7. The molecule has 1 rings (SSSR count). The molecule has 1 amide bonds. The summed E-state index contributed by atoms with van der Waals surface area (Å²) >= 11 is 7.20. The molecule has 6 nitrogen and oxygen atoms in total. The molecular formula is C11H16ClN3O3S. The minimum Gasteiger partial charge on any atom is -0.391 e. The van der Waals surface area contributed by atoms with E-state index in [0.29, 0.717) is 18.1 Å². The first-order valence-electron chi connectivity index (χ1n) is 5.60. The largest absolute Gasteiger partial charge is 0.391 e. The van der Waals surface area contributed by atoms with Gasteiger partial charge in [-0.25, -0.2) is 9.97 Å². The van der Waals surface area contributed by atoms with Gasteiger partial charge in [-0.3, -0.25) is 4.79 Å². The highest BCUT2D eigenvalue weighted by molar-refractivity contribution is 7.98. The van der Waals surface area contributed by atoms with Crippen molar-refractivity contribution in [3.63, 3.8) is 0 Å². The highest BCUT2D eigenvalue weighted by Gasteiger charge is 2.14. The maximum Gasteiger partial charge on any atom is 0.271 e. The van der Waals surface area contributed by atoms with E-state index in [1.165, 1.54) is 25.1 Å². The lowest BCUT2D eigenvalue weighted by Crippen LogP contribution is -2.29. The zero-order valence-corrected chi connectivity index (χ0v) is 12.3. The fraction of sp³-hybridized carbons (Fsp3) is 0.545. The lowest BCUT2D eigenvalue weighted by Gasteiger charge is -2.10. The SMILES string of the molecule is COCC(O)CCNC(=O)c1nc(SC)ncc1Cl. The van der Waals surface area contributed by atoms with Gasteiger partial charge in [0.25, 0.3) is 5.91 Å². The Bertz CT molecular complexity index is 434. The Labute approximate surface area is 120 Å². The van der Waals surface area contributed by atoms with E-state index in [1.807, 2.05) is 6.26 Å². The molecule has 0 saturated heterocycles. The Kier molecular flexibility index (Phi) is 7.07. The van der Waals surface area contributed by atoms with E-state index in [0.717, 1.165) is 0 Å². The van der Waals surface area contributed by atoms with E-state index < -0.39 is 6.10 Å². The van der Waals surface area contributed by atoms with Crippen LogP contribution in [-0.4, -0.2) is 53.6 Å². The van der Waals surface area contributed by atoms with E-state index in [2.05, 4.69) is 15.3 Å². The number of nitrogens with zero attached hydrogens (tertiary/aromatic N) is 2. The van der Waals surface area contributed by atoms with Crippen LogP contribution < -0.4 is 5.32 Å². The molecule has 0 aliphatic heterocycles. The van der Waals surface area contributed by atoms with Gasteiger partial charge in [-0.15, -0.1) is 0 Å². The first-order chi connectivity index (χ1) is 9.08. The minimum absolute atomic E-state index is 0.141. The normalized spacial score (nSPS) is 12.2. The molecule has 1 atom stereocenters. The molecule has 0 spiro atoms. The number of hydrogen-bond acceptors (Lipinski definition) is 6. The number of ether oxygens (including phenoxy) is 1. The predicted molar refractivity (Wildman–Crippen MR) is 73.7 cm³/mol. The van der Waals surface area contributed by atoms with E-state index in [9.17, 15) is 9.90 Å². The first-order valence-corrected chi connectivity index (χ1v) is 7.20. The number of rotatable bonds is 7. The van der Waals surface area contributed by atoms with Crippen LogP contribution in [0.5, 0.6) is 0 Å². The molecule has 0 radical (unpaired) electrons. The Balaban J connectivity index is 2.53. The van der Waals surface area contributed by atoms with Crippen LogP contribution in [-0.2, 0) is 4.74 Å². The summed E-state index contributed by atoms with van der Waals surface area (Å²) in [5.74, 6) is -0.382. The molecule has 1 aromatic heterocycles. The Hall–Kier alpha value is -0.890. The molecule has 0 aromatic carbocycles. The van der Waals surface area contributed by atoms with Crippen LogP contribution in [0.2, 0.25) is 5.02 Å². The third-order valence-electron chi connectivity index (χ3n) is 2.24. The number of aliphatic hydroxyl groups excluding tert-OH is 1. The topological polar surface area (TPSA) is 84.3 Å². The fourth-order valence-electron chi connectivity index (χ4n) is 1.32. The second-order valence-electron chi connectivity index (χ2n) is 3.71. The summed E-state index contributed by atoms with van der Waals surface area (Å²) in [5.41, 5.74) is 0.141. The van der Waals surface area contributed by atoms with Gasteiger partial charge in [0.05, 0.1) is 23.9 Å². The van der Waals surface area contributed by atoms with Crippen LogP contribution in [0.3, 0.4) is 0 Å². The molecule has 1 unspecified atom stereocenters. The molecule has 1 aromatic rings. The number of thioether (sulfide) groups is 1. The number of aromatic nitrogens is 2. The van der Waals surface area contributed by atoms with Gasteiger partial charge in [0.2, 0.25) is 0 Å². The van der Waals surface area contributed by atoms with Crippen molar-refractivity contribution < 1.29 is 14.6 Å². The van der Waals surface area contributed by atoms with Crippen LogP contribution in [0.4, 0.5) is 0 Å². The highest BCUT2D eigenvalue weighted by Crippen LogP contribution is 2.16. The van der Waals surface area contributed by atoms with Crippen molar-refractivity contribution >= 4 is 29.3 Å². The maximum atomic E-state index is 11.9. The van der Waals surface area contributed by atoms with Crippen LogP contribution in [0.1, 0.15) is 16.9 Å². The van der Waals surface area contributed by atoms with Crippen molar-refractivity contribution in [2.45, 2.75) is 17.7 Å². The molecule has 0 bridgehead atoms. The van der Waals surface area contributed by atoms with Crippen molar-refractivity contribution in [2.75, 3.05) is 26.5 Å². The second kappa shape index (κ2) is 8.31. The van der Waals surface area contributed by atoms with Gasteiger partial charge < -0.3 is 15.2 Å². The Morgan fingerprint density at radius 1 is 1.68 bits per heavy atom. The molecule has 0 saturated carbocycles. The third kappa shape index (κ3) is 5.32. The maximum absolute atomic E-state index is 11.9. The van der Waals surface area contributed by atoms with Crippen molar-refractivity contribution in [1.82, 2.24) is 15.3 Å². The molecule has 106 valence electrons. The van der Waals surface area contributed by atoms with Crippen LogP contribution >= 0.6 is 23.4 Å². The minimum atomic E-state index is -0.604. The molecule has 8 heteroatoms. The van der Waals surface area contributed by atoms with Gasteiger partial charge in [-0.2, -0.15) is 0 Å². The summed E-state index contributed by atoms with van der Waals surface area (Å²) in [6, 6.07) is 0. The molecule has 1 heterocycles. The lowest BCUT2D eigenvalue weighted by atomic mass is 10.2. The summed E-state index contributed by atoms with van der Waals surface area (Å²) in [6.07, 6.45) is 3.01. The quantitative estimate of drug-likeness (QED) is 0.577. The van der Waals surface area contributed by atoms with E-state index in [1.54, 1.807) is 0 Å². The van der Waals surface area contributed by atoms with Crippen molar-refractivity contribution in [3.05, 3.63) is 16.9 Å². The summed E-state index contributed by atoms with van der Waals surface area (Å²) in [7, 11) is 1.51. The molecular weight excluding hydrogens is 290 g/mol. The average Bonchev–Trinajstić information content (AvgIpc) is 2.39. The molecule has 2 N–H and O–H groups in total. The number of nitrogens with one attached hydrogen (secondary N) is 1. The van der Waals surface area contributed by atoms with Crippen LogP contribution in [0, 0.1) is 0 Å². The monoisotopic (exact) mass is 305 g/mol. The van der Waals surface area contributed by atoms with Gasteiger partial charge in [0.1, 0.15) is 0 Å². The predicted octanol–water partition coefficient (Wildman–Crippen LogP) is 0.979. The standard InChI is InChI=1S/C11H16ClN3O3S/c1-18-6-7(16)3-4-13-10(17)9-8(12)5-14-11(15-9)19-2/h5,7,16H,3-4,6H2,1-2H3,(H,13,17). The van der Waals surface area contributed by atoms with E-state index in [-0.39, 0.29) is 23.2 Å². The number of methoxy groups -OCH3 is 1. The third-order valence-corrected chi connectivity index (χ3v) is 3.08. The Morgan fingerprint density at radius 2 is 2.42 bits per heavy atom. The average molecular weight is 306 g/mol. The van der Waals surface area contributed by atoms with Crippen molar-refractivity contribution in [3.8, 4) is 0 Å². The molecule has 0 aliphatic carbocycles. The summed E-state index contributed by atoms with van der Waals surface area (Å²) < 4.78 is 4.79. The Morgan fingerprint density at radius 3 is 3.05 bits per heavy atom. The van der Waals surface area contributed by atoms with Gasteiger partial charge in [0, 0.05) is 13.7 Å². The number of aliphatic hydroxyl groups is 1. The molecule has 0 fully saturated rings. The summed E-state index contributed by atoms with van der Waals surface area (Å²) in [4.78, 5) is 19.9. The smallest absolute Gasteiger partial charge is 0.271 e. The second-order valence-corrected chi connectivity index (χ2v) is 4.89. The lowest BCUT2D eigenvalue weighted by molar-refractivity contribution is 0.0587. The first kappa shape index (κ1) is 16.2. The zero-order chi connectivity index (χ0) is 14.3. The number of halogens is 1. The van der Waals surface area contributed by atoms with Crippen molar-refractivity contribution in [2.24, 2.45) is 0 Å². The van der Waals surface area contributed by atoms with Gasteiger partial charge in [0.15, 0.2) is 10.9 Å². The fourth-order valence-corrected chi connectivity index (χ4v) is 1.84. The summed E-state index contributed by atoms with van der Waals surface area (Å²) in [6.45, 7) is 0.555. The van der Waals surface area contributed by atoms with E-state index in [4.69, 9.17) is 16.3 Å². The van der Waals surface area contributed by atoms with Crippen LogP contribution in [0.15, 0.2) is 11.4 Å². The molecule has 19 heavy (non-hydrogen) atoms. The van der Waals surface area contributed by atoms with Gasteiger partial charge >= 0.3 is 0 Å². The number of hydrogen-bond donors (Lipinski definition) is 2. The van der Waals surface area contributed by atoms with E-state index >= 15 is 0 Å². The van der Waals surface area contributed by atoms with Crippen molar-refractivity contribution in [1.29, 1.82) is 0 Å². The van der Waals surface area contributed by atoms with Gasteiger partial charge in [-0.05, 0) is 12.7 Å². The number of carbonyl (C=O) groups excluding carboxylic acids is 1. The summed E-state index contributed by atoms with van der Waals surface area (Å²) in [5, 5.41) is 12.8.